The summed E-state index contributed by atoms with van der Waals surface area (Å²) in [5, 5.41) is 13.7. The maximum Gasteiger partial charge on any atom is 0.323 e. The molecule has 0 amide bonds. The summed E-state index contributed by atoms with van der Waals surface area (Å²) in [5.41, 5.74) is -0.296. The topological polar surface area (TPSA) is 63.6 Å². The maximum absolute atomic E-state index is 12.2. The Kier molecular flexibility index (Phi) is 4.81. The van der Waals surface area contributed by atoms with Crippen molar-refractivity contribution in [2.24, 2.45) is 11.3 Å². The van der Waals surface area contributed by atoms with Crippen molar-refractivity contribution in [1.82, 2.24) is 0 Å². The lowest BCUT2D eigenvalue weighted by Gasteiger charge is -2.32. The van der Waals surface area contributed by atoms with Crippen LogP contribution in [0.2, 0.25) is 0 Å². The number of hydrogen-bond donors (Lipinski definition) is 1. The van der Waals surface area contributed by atoms with Crippen LogP contribution in [0.15, 0.2) is 16.8 Å². The predicted octanol–water partition coefficient (Wildman–Crippen LogP) is 3.11. The smallest absolute Gasteiger partial charge is 0.323 e. The van der Waals surface area contributed by atoms with Crippen LogP contribution in [0, 0.1) is 11.3 Å². The first-order chi connectivity index (χ1) is 9.61. The molecule has 4 nitrogen and oxygen atoms in total. The molecule has 0 bridgehead atoms. The molecule has 0 radical (unpaired) electrons. The van der Waals surface area contributed by atoms with Gasteiger partial charge in [-0.2, -0.15) is 11.3 Å². The summed E-state index contributed by atoms with van der Waals surface area (Å²) in [4.78, 5) is 24.1. The van der Waals surface area contributed by atoms with Gasteiger partial charge in [0.2, 0.25) is 0 Å². The second-order valence-electron chi connectivity index (χ2n) is 5.38. The minimum atomic E-state index is -1.38. The molecule has 1 unspecified atom stereocenters. The molecule has 1 aromatic heterocycles. The molecule has 5 heteroatoms. The average Bonchev–Trinajstić information content (AvgIpc) is 3.11. The Morgan fingerprint density at radius 2 is 2.15 bits per heavy atom. The van der Waals surface area contributed by atoms with Crippen LogP contribution in [0.25, 0.3) is 0 Å². The fraction of sp³-hybridized carbons (Fsp3) is 0.600. The summed E-state index contributed by atoms with van der Waals surface area (Å²) in [5.74, 6) is -1.73. The van der Waals surface area contributed by atoms with Gasteiger partial charge in [-0.15, -0.1) is 0 Å². The van der Waals surface area contributed by atoms with Gasteiger partial charge in [-0.3, -0.25) is 9.59 Å². The number of esters is 1. The molecule has 1 saturated carbocycles. The number of methoxy groups -OCH3 is 1. The first-order valence-corrected chi connectivity index (χ1v) is 7.88. The van der Waals surface area contributed by atoms with E-state index in [0.29, 0.717) is 12.8 Å². The first-order valence-electron chi connectivity index (χ1n) is 6.94. The molecule has 1 aliphatic carbocycles. The monoisotopic (exact) mass is 296 g/mol. The number of thiophene rings is 1. The van der Waals surface area contributed by atoms with E-state index >= 15 is 0 Å². The Bertz CT molecular complexity index is 462. The summed E-state index contributed by atoms with van der Waals surface area (Å²) >= 11 is 1.58. The Balaban J connectivity index is 2.25. The second-order valence-corrected chi connectivity index (χ2v) is 6.16. The number of carboxylic acids is 1. The fourth-order valence-corrected chi connectivity index (χ4v) is 3.92. The zero-order valence-electron chi connectivity index (χ0n) is 11.6. The van der Waals surface area contributed by atoms with Crippen molar-refractivity contribution in [3.63, 3.8) is 0 Å². The summed E-state index contributed by atoms with van der Waals surface area (Å²) in [6, 6.07) is 1.98. The summed E-state index contributed by atoms with van der Waals surface area (Å²) in [6.07, 6.45) is 4.50. The Labute approximate surface area is 122 Å². The normalized spacial score (nSPS) is 18.6. The fourth-order valence-electron chi connectivity index (χ4n) is 3.22. The van der Waals surface area contributed by atoms with E-state index in [1.165, 1.54) is 7.11 Å². The molecule has 1 heterocycles. The van der Waals surface area contributed by atoms with E-state index in [1.54, 1.807) is 11.3 Å². The molecular formula is C15H20O4S. The zero-order chi connectivity index (χ0) is 14.6. The highest BCUT2D eigenvalue weighted by molar-refractivity contribution is 7.07. The van der Waals surface area contributed by atoms with Gasteiger partial charge in [0.15, 0.2) is 5.41 Å². The van der Waals surface area contributed by atoms with Gasteiger partial charge in [0.05, 0.1) is 7.11 Å². The van der Waals surface area contributed by atoms with Gasteiger partial charge in [0, 0.05) is 0 Å². The third kappa shape index (κ3) is 2.73. The molecule has 0 saturated heterocycles. The van der Waals surface area contributed by atoms with Crippen LogP contribution in [-0.4, -0.2) is 24.2 Å². The molecule has 0 spiro atoms. The summed E-state index contributed by atoms with van der Waals surface area (Å²) in [7, 11) is 1.28. The number of aliphatic carboxylic acids is 1. The summed E-state index contributed by atoms with van der Waals surface area (Å²) < 4.78 is 4.84. The molecular weight excluding hydrogens is 276 g/mol. The quantitative estimate of drug-likeness (QED) is 0.647. The molecule has 0 aliphatic heterocycles. The molecule has 1 N–H and O–H groups in total. The van der Waals surface area contributed by atoms with Gasteiger partial charge < -0.3 is 9.84 Å². The largest absolute Gasteiger partial charge is 0.480 e. The molecule has 20 heavy (non-hydrogen) atoms. The molecule has 2 rings (SSSR count). The van der Waals surface area contributed by atoms with Crippen LogP contribution in [-0.2, 0) is 20.7 Å². The van der Waals surface area contributed by atoms with Gasteiger partial charge in [-0.25, -0.2) is 0 Å². The van der Waals surface area contributed by atoms with Crippen molar-refractivity contribution >= 4 is 23.3 Å². The number of hydrogen-bond acceptors (Lipinski definition) is 4. The highest BCUT2D eigenvalue weighted by Crippen LogP contribution is 2.44. The number of carbonyl (C=O) groups is 2. The van der Waals surface area contributed by atoms with Crippen molar-refractivity contribution in [3.8, 4) is 0 Å². The molecule has 1 aromatic rings. The van der Waals surface area contributed by atoms with Gasteiger partial charge in [0.1, 0.15) is 0 Å². The Morgan fingerprint density at radius 3 is 2.65 bits per heavy atom. The Morgan fingerprint density at radius 1 is 1.45 bits per heavy atom. The van der Waals surface area contributed by atoms with Crippen LogP contribution in [0.1, 0.15) is 37.7 Å². The molecule has 1 fully saturated rings. The summed E-state index contributed by atoms with van der Waals surface area (Å²) in [6.45, 7) is 0. The third-order valence-electron chi connectivity index (χ3n) is 4.37. The van der Waals surface area contributed by atoms with Crippen LogP contribution < -0.4 is 0 Å². The lowest BCUT2D eigenvalue weighted by molar-refractivity contribution is -0.172. The number of rotatable bonds is 6. The number of carbonyl (C=O) groups excluding carboxylic acids is 1. The number of aryl methyl sites for hydroxylation is 1. The van der Waals surface area contributed by atoms with E-state index in [4.69, 9.17) is 4.74 Å². The highest BCUT2D eigenvalue weighted by atomic mass is 32.1. The van der Waals surface area contributed by atoms with E-state index in [2.05, 4.69) is 0 Å². The van der Waals surface area contributed by atoms with Crippen molar-refractivity contribution in [2.75, 3.05) is 7.11 Å². The van der Waals surface area contributed by atoms with Crippen molar-refractivity contribution in [1.29, 1.82) is 0 Å². The van der Waals surface area contributed by atoms with Crippen LogP contribution in [0.4, 0.5) is 0 Å². The minimum Gasteiger partial charge on any atom is -0.480 e. The molecule has 1 aliphatic rings. The van der Waals surface area contributed by atoms with Gasteiger partial charge >= 0.3 is 11.9 Å². The van der Waals surface area contributed by atoms with E-state index in [9.17, 15) is 14.7 Å². The number of ether oxygens (including phenoxy) is 1. The maximum atomic E-state index is 12.2. The van der Waals surface area contributed by atoms with E-state index in [1.807, 2.05) is 16.8 Å². The van der Waals surface area contributed by atoms with Crippen LogP contribution in [0.3, 0.4) is 0 Å². The van der Waals surface area contributed by atoms with Crippen molar-refractivity contribution in [3.05, 3.63) is 22.4 Å². The average molecular weight is 296 g/mol. The van der Waals surface area contributed by atoms with E-state index in [0.717, 1.165) is 31.2 Å². The van der Waals surface area contributed by atoms with Crippen molar-refractivity contribution in [2.45, 2.75) is 38.5 Å². The van der Waals surface area contributed by atoms with Gasteiger partial charge in [-0.05, 0) is 54.0 Å². The standard InChI is InChI=1S/C15H20O4S/c1-19-14(18)15(13(16)17,12-4-2-3-5-12)8-6-11-7-9-20-10-11/h7,9-10,12H,2-6,8H2,1H3,(H,16,17). The second kappa shape index (κ2) is 6.39. The predicted molar refractivity (Wildman–Crippen MR) is 76.7 cm³/mol. The minimum absolute atomic E-state index is 0.105. The van der Waals surface area contributed by atoms with Gasteiger partial charge in [-0.1, -0.05) is 12.8 Å². The van der Waals surface area contributed by atoms with Gasteiger partial charge in [0.25, 0.3) is 0 Å². The molecule has 1 atom stereocenters. The van der Waals surface area contributed by atoms with Crippen molar-refractivity contribution < 1.29 is 19.4 Å². The van der Waals surface area contributed by atoms with E-state index in [-0.39, 0.29) is 5.92 Å². The molecule has 0 aromatic carbocycles. The van der Waals surface area contributed by atoms with Crippen LogP contribution >= 0.6 is 11.3 Å². The molecule has 110 valence electrons. The van der Waals surface area contributed by atoms with E-state index < -0.39 is 17.4 Å². The van der Waals surface area contributed by atoms with Crippen LogP contribution in [0.5, 0.6) is 0 Å². The SMILES string of the molecule is COC(=O)C(CCc1ccsc1)(C(=O)O)C1CCCC1. The number of carboxylic acid groups (broad SMARTS) is 1. The lowest BCUT2D eigenvalue weighted by atomic mass is 9.70. The Hall–Kier alpha value is -1.36. The first kappa shape index (κ1) is 15.0. The highest BCUT2D eigenvalue weighted by Gasteiger charge is 2.53. The zero-order valence-corrected chi connectivity index (χ0v) is 12.4. The third-order valence-corrected chi connectivity index (χ3v) is 5.10. The lowest BCUT2D eigenvalue weighted by Crippen LogP contribution is -2.46.